The van der Waals surface area contributed by atoms with Crippen molar-refractivity contribution in [1.29, 1.82) is 0 Å². The molecule has 0 amide bonds. The van der Waals surface area contributed by atoms with E-state index in [1.807, 2.05) is 6.20 Å². The summed E-state index contributed by atoms with van der Waals surface area (Å²) in [6.07, 6.45) is 5.79. The summed E-state index contributed by atoms with van der Waals surface area (Å²) in [7, 11) is 0. The van der Waals surface area contributed by atoms with Gasteiger partial charge in [0.1, 0.15) is 0 Å². The number of aromatic nitrogens is 3. The van der Waals surface area contributed by atoms with Crippen LogP contribution >= 0.6 is 0 Å². The maximum Gasteiger partial charge on any atom is 0.0921 e. The number of fused-ring (bicyclic) bond motifs is 3. The van der Waals surface area contributed by atoms with Gasteiger partial charge >= 0.3 is 0 Å². The first-order valence-corrected chi connectivity index (χ1v) is 7.61. The molecule has 108 valence electrons. The summed E-state index contributed by atoms with van der Waals surface area (Å²) in [4.78, 5) is 7.31. The van der Waals surface area contributed by atoms with Gasteiger partial charge in [0.25, 0.3) is 0 Å². The van der Waals surface area contributed by atoms with Gasteiger partial charge in [0.2, 0.25) is 0 Å². The predicted octanol–water partition coefficient (Wildman–Crippen LogP) is 2.56. The number of imidazole rings is 1. The highest BCUT2D eigenvalue weighted by Gasteiger charge is 2.19. The van der Waals surface area contributed by atoms with E-state index in [0.717, 1.165) is 32.5 Å². The maximum absolute atomic E-state index is 4.11. The van der Waals surface area contributed by atoms with Crippen molar-refractivity contribution in [2.24, 2.45) is 0 Å². The summed E-state index contributed by atoms with van der Waals surface area (Å²) in [5.74, 6) is 0. The molecule has 0 atom stereocenters. The molecule has 0 aliphatic carbocycles. The predicted molar refractivity (Wildman–Crippen MR) is 84.4 cm³/mol. The molecule has 0 unspecified atom stereocenters. The van der Waals surface area contributed by atoms with Crippen LogP contribution in [0.2, 0.25) is 0 Å². The summed E-state index contributed by atoms with van der Waals surface area (Å²) >= 11 is 0. The van der Waals surface area contributed by atoms with E-state index in [9.17, 15) is 0 Å². The molecule has 0 bridgehead atoms. The molecule has 2 aromatic heterocycles. The van der Waals surface area contributed by atoms with Crippen molar-refractivity contribution < 1.29 is 0 Å². The standard InChI is InChI=1S/C17H20N4/c1-12-2-3-16-14(8-12)15-10-18-6-4-17(15)21(16)7-5-13-9-19-11-20-13/h2-3,8-9,11,18H,4-7,10H2,1H3,(H,19,20). The zero-order valence-corrected chi connectivity index (χ0v) is 12.3. The molecular formula is C17H20N4. The lowest BCUT2D eigenvalue weighted by Gasteiger charge is -2.17. The molecule has 0 spiro atoms. The van der Waals surface area contributed by atoms with E-state index < -0.39 is 0 Å². The molecule has 2 N–H and O–H groups in total. The van der Waals surface area contributed by atoms with Gasteiger partial charge in [0, 0.05) is 61.0 Å². The minimum atomic E-state index is 0.992. The van der Waals surface area contributed by atoms with E-state index in [-0.39, 0.29) is 0 Å². The molecule has 3 heterocycles. The fourth-order valence-corrected chi connectivity index (χ4v) is 3.40. The van der Waals surface area contributed by atoms with Crippen LogP contribution in [0.15, 0.2) is 30.7 Å². The summed E-state index contributed by atoms with van der Waals surface area (Å²) in [5.41, 5.74) is 6.90. The smallest absolute Gasteiger partial charge is 0.0921 e. The molecule has 0 fully saturated rings. The van der Waals surface area contributed by atoms with Crippen LogP contribution in [0.25, 0.3) is 10.9 Å². The Morgan fingerprint density at radius 3 is 3.14 bits per heavy atom. The molecule has 1 aliphatic heterocycles. The number of hydrogen-bond acceptors (Lipinski definition) is 2. The van der Waals surface area contributed by atoms with Crippen LogP contribution in [0.4, 0.5) is 0 Å². The number of aromatic amines is 1. The summed E-state index contributed by atoms with van der Waals surface area (Å²) in [5, 5.41) is 4.92. The molecule has 4 rings (SSSR count). The molecular weight excluding hydrogens is 260 g/mol. The van der Waals surface area contributed by atoms with Gasteiger partial charge in [-0.05, 0) is 24.6 Å². The lowest BCUT2D eigenvalue weighted by molar-refractivity contribution is 0.593. The zero-order chi connectivity index (χ0) is 14.2. The average Bonchev–Trinajstić information content (AvgIpc) is 3.11. The van der Waals surface area contributed by atoms with E-state index in [1.165, 1.54) is 33.4 Å². The second kappa shape index (κ2) is 5.04. The monoisotopic (exact) mass is 280 g/mol. The van der Waals surface area contributed by atoms with Crippen LogP contribution in [0.5, 0.6) is 0 Å². The number of nitrogens with one attached hydrogen (secondary N) is 2. The molecule has 3 aromatic rings. The number of nitrogens with zero attached hydrogens (tertiary/aromatic N) is 2. The number of benzene rings is 1. The largest absolute Gasteiger partial charge is 0.348 e. The van der Waals surface area contributed by atoms with Gasteiger partial charge in [-0.25, -0.2) is 4.98 Å². The van der Waals surface area contributed by atoms with Crippen molar-refractivity contribution >= 4 is 10.9 Å². The van der Waals surface area contributed by atoms with E-state index in [4.69, 9.17) is 0 Å². The van der Waals surface area contributed by atoms with Gasteiger partial charge in [-0.2, -0.15) is 0 Å². The Hall–Kier alpha value is -2.07. The van der Waals surface area contributed by atoms with Crippen molar-refractivity contribution in [2.45, 2.75) is 32.9 Å². The second-order valence-corrected chi connectivity index (χ2v) is 5.85. The van der Waals surface area contributed by atoms with Crippen LogP contribution in [0.3, 0.4) is 0 Å². The Kier molecular flexibility index (Phi) is 3.04. The normalized spacial score (nSPS) is 14.5. The lowest BCUT2D eigenvalue weighted by Crippen LogP contribution is -2.24. The van der Waals surface area contributed by atoms with Gasteiger partial charge in [-0.3, -0.25) is 0 Å². The lowest BCUT2D eigenvalue weighted by atomic mass is 10.0. The molecule has 0 radical (unpaired) electrons. The number of H-pyrrole nitrogens is 1. The molecule has 21 heavy (non-hydrogen) atoms. The first-order valence-electron chi connectivity index (χ1n) is 7.61. The third kappa shape index (κ3) is 2.16. The maximum atomic E-state index is 4.11. The van der Waals surface area contributed by atoms with Crippen LogP contribution in [0.1, 0.15) is 22.5 Å². The van der Waals surface area contributed by atoms with Gasteiger partial charge < -0.3 is 14.9 Å². The number of hydrogen-bond donors (Lipinski definition) is 2. The molecule has 0 saturated carbocycles. The van der Waals surface area contributed by atoms with E-state index in [1.54, 1.807) is 6.33 Å². The zero-order valence-electron chi connectivity index (χ0n) is 12.3. The quantitative estimate of drug-likeness (QED) is 0.774. The third-order valence-electron chi connectivity index (χ3n) is 4.44. The Labute approximate surface area is 124 Å². The first kappa shape index (κ1) is 12.7. The molecule has 1 aromatic carbocycles. The van der Waals surface area contributed by atoms with E-state index in [2.05, 4.69) is 45.0 Å². The average molecular weight is 280 g/mol. The van der Waals surface area contributed by atoms with Crippen molar-refractivity contribution in [3.05, 3.63) is 53.2 Å². The fraction of sp³-hybridized carbons (Fsp3) is 0.353. The van der Waals surface area contributed by atoms with Gasteiger partial charge in [-0.15, -0.1) is 0 Å². The topological polar surface area (TPSA) is 45.6 Å². The first-order chi connectivity index (χ1) is 10.3. The van der Waals surface area contributed by atoms with Crippen LogP contribution < -0.4 is 5.32 Å². The Balaban J connectivity index is 1.79. The molecule has 4 nitrogen and oxygen atoms in total. The Bertz CT molecular complexity index is 768. The molecule has 4 heteroatoms. The Morgan fingerprint density at radius 2 is 2.29 bits per heavy atom. The SMILES string of the molecule is Cc1ccc2c(c1)c1c(n2CCc2cnc[nH]2)CCNC1. The minimum Gasteiger partial charge on any atom is -0.348 e. The molecule has 0 saturated heterocycles. The highest BCUT2D eigenvalue weighted by Crippen LogP contribution is 2.29. The van der Waals surface area contributed by atoms with Gasteiger partial charge in [0.05, 0.1) is 6.33 Å². The summed E-state index contributed by atoms with van der Waals surface area (Å²) in [6, 6.07) is 6.82. The van der Waals surface area contributed by atoms with Crippen molar-refractivity contribution in [3.8, 4) is 0 Å². The number of aryl methyl sites for hydroxylation is 3. The van der Waals surface area contributed by atoms with Crippen molar-refractivity contribution in [3.63, 3.8) is 0 Å². The van der Waals surface area contributed by atoms with Gasteiger partial charge in [0.15, 0.2) is 0 Å². The van der Waals surface area contributed by atoms with E-state index >= 15 is 0 Å². The van der Waals surface area contributed by atoms with Crippen LogP contribution in [-0.2, 0) is 25.9 Å². The summed E-state index contributed by atoms with van der Waals surface area (Å²) in [6.45, 7) is 5.25. The van der Waals surface area contributed by atoms with Gasteiger partial charge in [-0.1, -0.05) is 11.6 Å². The highest BCUT2D eigenvalue weighted by atomic mass is 15.0. The van der Waals surface area contributed by atoms with Crippen molar-refractivity contribution in [2.75, 3.05) is 6.54 Å². The molecule has 1 aliphatic rings. The Morgan fingerprint density at radius 1 is 1.33 bits per heavy atom. The van der Waals surface area contributed by atoms with Crippen molar-refractivity contribution in [1.82, 2.24) is 19.9 Å². The highest BCUT2D eigenvalue weighted by molar-refractivity contribution is 5.86. The van der Waals surface area contributed by atoms with Crippen LogP contribution in [0, 0.1) is 6.92 Å². The van der Waals surface area contributed by atoms with Crippen LogP contribution in [-0.4, -0.2) is 21.1 Å². The second-order valence-electron chi connectivity index (χ2n) is 5.85. The third-order valence-corrected chi connectivity index (χ3v) is 4.44. The van der Waals surface area contributed by atoms with E-state index in [0.29, 0.717) is 0 Å². The number of rotatable bonds is 3. The minimum absolute atomic E-state index is 0.992. The summed E-state index contributed by atoms with van der Waals surface area (Å²) < 4.78 is 2.51. The fourth-order valence-electron chi connectivity index (χ4n) is 3.40.